The Morgan fingerprint density at radius 3 is 3.05 bits per heavy atom. The molecule has 0 atom stereocenters. The first-order valence-electron chi connectivity index (χ1n) is 5.98. The summed E-state index contributed by atoms with van der Waals surface area (Å²) in [4.78, 5) is 16.2. The molecule has 1 aromatic carbocycles. The highest BCUT2D eigenvalue weighted by Crippen LogP contribution is 2.25. The number of carbonyl (C=O) groups is 1. The Kier molecular flexibility index (Phi) is 4.99. The minimum atomic E-state index is -0.774. The quantitative estimate of drug-likeness (QED) is 0.824. The van der Waals surface area contributed by atoms with Gasteiger partial charge in [-0.3, -0.25) is 4.79 Å². The van der Waals surface area contributed by atoms with Crippen molar-refractivity contribution in [1.29, 1.82) is 0 Å². The summed E-state index contributed by atoms with van der Waals surface area (Å²) in [6, 6.07) is 8.38. The first-order valence-corrected chi connectivity index (χ1v) is 7.84. The van der Waals surface area contributed by atoms with Gasteiger partial charge >= 0.3 is 5.97 Å². The topological polar surface area (TPSA) is 50.2 Å². The smallest absolute Gasteiger partial charge is 0.303 e. The van der Waals surface area contributed by atoms with Crippen molar-refractivity contribution in [3.05, 3.63) is 45.9 Å². The molecular formula is C14H15NO2S2. The van der Waals surface area contributed by atoms with Crippen molar-refractivity contribution in [2.75, 3.05) is 0 Å². The average molecular weight is 293 g/mol. The third-order valence-corrected chi connectivity index (χ3v) is 4.63. The van der Waals surface area contributed by atoms with E-state index in [0.717, 1.165) is 16.5 Å². The zero-order chi connectivity index (χ0) is 13.7. The lowest BCUT2D eigenvalue weighted by atomic mass is 10.2. The molecule has 1 aromatic heterocycles. The molecule has 2 aromatic rings. The number of carboxylic acids is 1. The summed E-state index contributed by atoms with van der Waals surface area (Å²) in [5.74, 6) is 0.0602. The van der Waals surface area contributed by atoms with Crippen LogP contribution in [0.25, 0.3) is 0 Å². The van der Waals surface area contributed by atoms with E-state index < -0.39 is 5.97 Å². The van der Waals surface area contributed by atoms with E-state index >= 15 is 0 Å². The minimum absolute atomic E-state index is 0.147. The molecule has 1 N–H and O–H groups in total. The van der Waals surface area contributed by atoms with Gasteiger partial charge in [0.1, 0.15) is 5.01 Å². The van der Waals surface area contributed by atoms with Gasteiger partial charge in [-0.05, 0) is 19.1 Å². The summed E-state index contributed by atoms with van der Waals surface area (Å²) in [6.07, 6.45) is 0.662. The molecule has 5 heteroatoms. The number of nitrogens with zero attached hydrogens (tertiary/aromatic N) is 1. The number of carboxylic acid groups (broad SMARTS) is 1. The maximum absolute atomic E-state index is 10.5. The molecule has 0 aliphatic rings. The predicted octanol–water partition coefficient (Wildman–Crippen LogP) is 3.76. The lowest BCUT2D eigenvalue weighted by Gasteiger charge is -2.00. The van der Waals surface area contributed by atoms with Crippen LogP contribution in [0.1, 0.15) is 22.7 Å². The summed E-state index contributed by atoms with van der Waals surface area (Å²) >= 11 is 3.36. The summed E-state index contributed by atoms with van der Waals surface area (Å²) in [5, 5.41) is 11.6. The Morgan fingerprint density at radius 2 is 2.32 bits per heavy atom. The first kappa shape index (κ1) is 14.1. The fraction of sp³-hybridized carbons (Fsp3) is 0.286. The largest absolute Gasteiger partial charge is 0.481 e. The molecule has 100 valence electrons. The Hall–Kier alpha value is -1.33. The van der Waals surface area contributed by atoms with E-state index in [1.807, 2.05) is 5.38 Å². The van der Waals surface area contributed by atoms with Gasteiger partial charge in [0, 0.05) is 16.7 Å². The third kappa shape index (κ3) is 4.69. The van der Waals surface area contributed by atoms with E-state index in [2.05, 4.69) is 36.2 Å². The normalized spacial score (nSPS) is 10.6. The summed E-state index contributed by atoms with van der Waals surface area (Å²) in [7, 11) is 0. The fourth-order valence-electron chi connectivity index (χ4n) is 1.62. The lowest BCUT2D eigenvalue weighted by molar-refractivity contribution is -0.136. The Balaban J connectivity index is 1.88. The van der Waals surface area contributed by atoms with E-state index in [1.165, 1.54) is 10.5 Å². The zero-order valence-corrected chi connectivity index (χ0v) is 12.3. The molecule has 3 nitrogen and oxygen atoms in total. The predicted molar refractivity (Wildman–Crippen MR) is 78.8 cm³/mol. The first-order chi connectivity index (χ1) is 9.13. The van der Waals surface area contributed by atoms with Crippen molar-refractivity contribution in [2.45, 2.75) is 30.4 Å². The highest BCUT2D eigenvalue weighted by atomic mass is 32.2. The van der Waals surface area contributed by atoms with Crippen LogP contribution in [0.2, 0.25) is 0 Å². The molecule has 0 spiro atoms. The van der Waals surface area contributed by atoms with Crippen LogP contribution in [0, 0.1) is 6.92 Å². The molecule has 0 unspecified atom stereocenters. The van der Waals surface area contributed by atoms with Crippen LogP contribution in [0.15, 0.2) is 34.5 Å². The van der Waals surface area contributed by atoms with Crippen LogP contribution in [0.3, 0.4) is 0 Å². The van der Waals surface area contributed by atoms with E-state index in [-0.39, 0.29) is 6.42 Å². The molecule has 0 bridgehead atoms. The SMILES string of the molecule is Cc1cccc(SCc2nc(CCC(=O)O)cs2)c1. The van der Waals surface area contributed by atoms with Crippen molar-refractivity contribution >= 4 is 29.1 Å². The number of rotatable bonds is 6. The van der Waals surface area contributed by atoms with Gasteiger partial charge in [-0.1, -0.05) is 17.7 Å². The van der Waals surface area contributed by atoms with Crippen LogP contribution >= 0.6 is 23.1 Å². The van der Waals surface area contributed by atoms with Crippen molar-refractivity contribution in [3.8, 4) is 0 Å². The highest BCUT2D eigenvalue weighted by molar-refractivity contribution is 7.98. The summed E-state index contributed by atoms with van der Waals surface area (Å²) in [5.41, 5.74) is 2.14. The van der Waals surface area contributed by atoms with Gasteiger partial charge in [-0.25, -0.2) is 4.98 Å². The van der Waals surface area contributed by atoms with Crippen molar-refractivity contribution in [1.82, 2.24) is 4.98 Å². The van der Waals surface area contributed by atoms with E-state index in [0.29, 0.717) is 6.42 Å². The number of thiazole rings is 1. The Morgan fingerprint density at radius 1 is 1.47 bits per heavy atom. The molecule has 0 saturated carbocycles. The summed E-state index contributed by atoms with van der Waals surface area (Å²) in [6.45, 7) is 2.08. The summed E-state index contributed by atoms with van der Waals surface area (Å²) < 4.78 is 0. The molecular weight excluding hydrogens is 278 g/mol. The van der Waals surface area contributed by atoms with Crippen molar-refractivity contribution in [3.63, 3.8) is 0 Å². The standard InChI is InChI=1S/C14H15NO2S2/c1-10-3-2-4-12(7-10)18-9-13-15-11(8-19-13)5-6-14(16)17/h2-4,7-8H,5-6,9H2,1H3,(H,16,17). The van der Waals surface area contributed by atoms with Gasteiger partial charge in [0.2, 0.25) is 0 Å². The molecule has 0 aliphatic heterocycles. The molecule has 0 amide bonds. The number of thioether (sulfide) groups is 1. The second-order valence-corrected chi connectivity index (χ2v) is 6.22. The van der Waals surface area contributed by atoms with E-state index in [9.17, 15) is 4.79 Å². The molecule has 0 fully saturated rings. The second kappa shape index (κ2) is 6.73. The fourth-order valence-corrected chi connectivity index (χ4v) is 3.48. The van der Waals surface area contributed by atoms with E-state index in [4.69, 9.17) is 5.11 Å². The van der Waals surface area contributed by atoms with Crippen LogP contribution in [-0.2, 0) is 17.0 Å². The van der Waals surface area contributed by atoms with Gasteiger partial charge in [-0.15, -0.1) is 23.1 Å². The second-order valence-electron chi connectivity index (χ2n) is 4.23. The average Bonchev–Trinajstić information content (AvgIpc) is 2.82. The maximum atomic E-state index is 10.5. The Labute approximate surface area is 120 Å². The number of hydrogen-bond acceptors (Lipinski definition) is 4. The van der Waals surface area contributed by atoms with Crippen LogP contribution in [0.4, 0.5) is 0 Å². The molecule has 0 saturated heterocycles. The molecule has 19 heavy (non-hydrogen) atoms. The highest BCUT2D eigenvalue weighted by Gasteiger charge is 2.05. The van der Waals surface area contributed by atoms with Crippen LogP contribution in [0.5, 0.6) is 0 Å². The van der Waals surface area contributed by atoms with Crippen LogP contribution < -0.4 is 0 Å². The monoisotopic (exact) mass is 293 g/mol. The number of aryl methyl sites for hydroxylation is 2. The van der Waals surface area contributed by atoms with Gasteiger partial charge in [0.15, 0.2) is 0 Å². The molecule has 1 heterocycles. The van der Waals surface area contributed by atoms with Crippen LogP contribution in [-0.4, -0.2) is 16.1 Å². The molecule has 0 radical (unpaired) electrons. The van der Waals surface area contributed by atoms with Gasteiger partial charge < -0.3 is 5.11 Å². The number of benzene rings is 1. The van der Waals surface area contributed by atoms with Gasteiger partial charge in [-0.2, -0.15) is 0 Å². The minimum Gasteiger partial charge on any atom is -0.481 e. The number of aliphatic carboxylic acids is 1. The van der Waals surface area contributed by atoms with Crippen molar-refractivity contribution in [2.24, 2.45) is 0 Å². The van der Waals surface area contributed by atoms with Gasteiger partial charge in [0.25, 0.3) is 0 Å². The number of hydrogen-bond donors (Lipinski definition) is 1. The molecule has 2 rings (SSSR count). The van der Waals surface area contributed by atoms with Gasteiger partial charge in [0.05, 0.1) is 17.9 Å². The van der Waals surface area contributed by atoms with E-state index in [1.54, 1.807) is 23.1 Å². The Bertz CT molecular complexity index is 566. The number of aromatic nitrogens is 1. The third-order valence-electron chi connectivity index (χ3n) is 2.55. The lowest BCUT2D eigenvalue weighted by Crippen LogP contribution is -1.97. The molecule has 0 aliphatic carbocycles. The zero-order valence-electron chi connectivity index (χ0n) is 10.6. The maximum Gasteiger partial charge on any atom is 0.303 e. The van der Waals surface area contributed by atoms with Crippen molar-refractivity contribution < 1.29 is 9.90 Å².